The van der Waals surface area contributed by atoms with E-state index >= 15 is 0 Å². The number of carbonyl (C=O) groups is 1. The maximum absolute atomic E-state index is 12.4. The Labute approximate surface area is 144 Å². The molecule has 0 spiro atoms. The van der Waals surface area contributed by atoms with Crippen LogP contribution in [0.3, 0.4) is 0 Å². The van der Waals surface area contributed by atoms with Crippen LogP contribution in [-0.4, -0.2) is 19.5 Å². The molecule has 0 unspecified atom stereocenters. The smallest absolute Gasteiger partial charge is 0.232 e. The van der Waals surface area contributed by atoms with Crippen LogP contribution in [0, 0.1) is 0 Å². The number of carbonyl (C=O) groups excluding carboxylic acids is 1. The van der Waals surface area contributed by atoms with Gasteiger partial charge in [0.2, 0.25) is 5.78 Å². The lowest BCUT2D eigenvalue weighted by Gasteiger charge is -2.10. The summed E-state index contributed by atoms with van der Waals surface area (Å²) in [7, 11) is 1.56. The number of rotatable bonds is 5. The molecule has 0 atom stereocenters. The molecular formula is C19H15ClO4. The van der Waals surface area contributed by atoms with Crippen LogP contribution in [0.25, 0.3) is 6.08 Å². The third kappa shape index (κ3) is 3.14. The number of benzene rings is 2. The van der Waals surface area contributed by atoms with Gasteiger partial charge in [-0.3, -0.25) is 4.79 Å². The number of ketones is 1. The van der Waals surface area contributed by atoms with E-state index in [2.05, 4.69) is 6.58 Å². The highest BCUT2D eigenvalue weighted by atomic mass is 35.5. The van der Waals surface area contributed by atoms with Gasteiger partial charge in [-0.1, -0.05) is 30.3 Å². The molecular weight excluding hydrogens is 328 g/mol. The Hall–Kier alpha value is -2.72. The van der Waals surface area contributed by atoms with E-state index in [4.69, 9.17) is 25.8 Å². The van der Waals surface area contributed by atoms with E-state index in [1.54, 1.807) is 49.6 Å². The van der Waals surface area contributed by atoms with Gasteiger partial charge >= 0.3 is 0 Å². The van der Waals surface area contributed by atoms with Crippen molar-refractivity contribution in [3.8, 4) is 17.2 Å². The molecule has 1 aliphatic heterocycles. The standard InChI is InChI=1S/C19H15ClO4/c1-3-8-23-16-6-4-12(9-17(16)22-2)10-18-19(21)14-11-13(20)5-7-15(14)24-18/h3-7,9-11H,1,8H2,2H3/b18-10-. The second-order valence-corrected chi connectivity index (χ2v) is 5.53. The fourth-order valence-corrected chi connectivity index (χ4v) is 2.53. The Kier molecular flexibility index (Phi) is 4.58. The first-order valence-electron chi connectivity index (χ1n) is 7.28. The number of halogens is 1. The summed E-state index contributed by atoms with van der Waals surface area (Å²) < 4.78 is 16.4. The second-order valence-electron chi connectivity index (χ2n) is 5.09. The van der Waals surface area contributed by atoms with Crippen LogP contribution in [0.15, 0.2) is 54.8 Å². The SMILES string of the molecule is C=CCOc1ccc(/C=C2\Oc3ccc(Cl)cc3C2=O)cc1OC. The van der Waals surface area contributed by atoms with E-state index in [9.17, 15) is 4.79 Å². The highest BCUT2D eigenvalue weighted by Crippen LogP contribution is 2.35. The Balaban J connectivity index is 1.89. The number of hydrogen-bond acceptors (Lipinski definition) is 4. The van der Waals surface area contributed by atoms with E-state index < -0.39 is 0 Å². The average Bonchev–Trinajstić information content (AvgIpc) is 2.89. The van der Waals surface area contributed by atoms with Crippen molar-refractivity contribution in [1.29, 1.82) is 0 Å². The molecule has 1 heterocycles. The molecule has 4 nitrogen and oxygen atoms in total. The zero-order valence-electron chi connectivity index (χ0n) is 13.0. The number of fused-ring (bicyclic) bond motifs is 1. The van der Waals surface area contributed by atoms with Crippen molar-refractivity contribution in [1.82, 2.24) is 0 Å². The number of allylic oxidation sites excluding steroid dienone is 1. The second kappa shape index (κ2) is 6.81. The number of methoxy groups -OCH3 is 1. The molecule has 3 rings (SSSR count). The summed E-state index contributed by atoms with van der Waals surface area (Å²) in [5.74, 6) is 1.73. The van der Waals surface area contributed by atoms with Crippen LogP contribution in [0.1, 0.15) is 15.9 Å². The van der Waals surface area contributed by atoms with Crippen molar-refractivity contribution < 1.29 is 19.0 Å². The molecule has 24 heavy (non-hydrogen) atoms. The van der Waals surface area contributed by atoms with Gasteiger partial charge in [0.05, 0.1) is 12.7 Å². The van der Waals surface area contributed by atoms with Crippen LogP contribution in [0.4, 0.5) is 0 Å². The van der Waals surface area contributed by atoms with Gasteiger partial charge in [0.25, 0.3) is 0 Å². The molecule has 0 aromatic heterocycles. The first-order valence-corrected chi connectivity index (χ1v) is 7.65. The predicted octanol–water partition coefficient (Wildman–Crippen LogP) is 4.53. The molecule has 0 amide bonds. The van der Waals surface area contributed by atoms with Gasteiger partial charge in [0, 0.05) is 5.02 Å². The zero-order valence-corrected chi connectivity index (χ0v) is 13.8. The van der Waals surface area contributed by atoms with Crippen LogP contribution in [0.5, 0.6) is 17.2 Å². The Morgan fingerprint density at radius 3 is 2.79 bits per heavy atom. The van der Waals surface area contributed by atoms with E-state index in [0.717, 1.165) is 5.56 Å². The lowest BCUT2D eigenvalue weighted by Crippen LogP contribution is -1.99. The van der Waals surface area contributed by atoms with Crippen molar-refractivity contribution >= 4 is 23.5 Å². The summed E-state index contributed by atoms with van der Waals surface area (Å²) in [5.41, 5.74) is 1.23. The lowest BCUT2D eigenvalue weighted by molar-refractivity contribution is 0.101. The summed E-state index contributed by atoms with van der Waals surface area (Å²) in [5, 5.41) is 0.498. The minimum absolute atomic E-state index is 0.196. The third-order valence-electron chi connectivity index (χ3n) is 3.47. The van der Waals surface area contributed by atoms with Gasteiger partial charge in [-0.05, 0) is 42.0 Å². The van der Waals surface area contributed by atoms with E-state index in [1.165, 1.54) is 0 Å². The van der Waals surface area contributed by atoms with Crippen molar-refractivity contribution in [2.45, 2.75) is 0 Å². The minimum atomic E-state index is -0.196. The molecule has 0 bridgehead atoms. The van der Waals surface area contributed by atoms with Crippen molar-refractivity contribution in [2.75, 3.05) is 13.7 Å². The van der Waals surface area contributed by atoms with Gasteiger partial charge in [-0.2, -0.15) is 0 Å². The van der Waals surface area contributed by atoms with Crippen LogP contribution in [0.2, 0.25) is 5.02 Å². The summed E-state index contributed by atoms with van der Waals surface area (Å²) >= 11 is 5.93. The van der Waals surface area contributed by atoms with Gasteiger partial charge in [-0.25, -0.2) is 0 Å². The normalized spacial score (nSPS) is 14.2. The van der Waals surface area contributed by atoms with Gasteiger partial charge < -0.3 is 14.2 Å². The summed E-state index contributed by atoms with van der Waals surface area (Å²) in [6.45, 7) is 4.00. The van der Waals surface area contributed by atoms with Gasteiger partial charge in [0.1, 0.15) is 12.4 Å². The fraction of sp³-hybridized carbons (Fsp3) is 0.105. The molecule has 0 fully saturated rings. The summed E-state index contributed by atoms with van der Waals surface area (Å²) in [6.07, 6.45) is 3.32. The lowest BCUT2D eigenvalue weighted by atomic mass is 10.1. The maximum Gasteiger partial charge on any atom is 0.232 e. The maximum atomic E-state index is 12.4. The number of hydrogen-bond donors (Lipinski definition) is 0. The van der Waals surface area contributed by atoms with Crippen LogP contribution < -0.4 is 14.2 Å². The van der Waals surface area contributed by atoms with Crippen LogP contribution >= 0.6 is 11.6 Å². The Morgan fingerprint density at radius 1 is 1.21 bits per heavy atom. The molecule has 2 aromatic rings. The molecule has 2 aromatic carbocycles. The zero-order chi connectivity index (χ0) is 17.1. The number of ether oxygens (including phenoxy) is 3. The molecule has 0 saturated heterocycles. The molecule has 0 N–H and O–H groups in total. The monoisotopic (exact) mass is 342 g/mol. The molecule has 1 aliphatic rings. The largest absolute Gasteiger partial charge is 0.493 e. The van der Waals surface area contributed by atoms with E-state index in [-0.39, 0.29) is 11.5 Å². The summed E-state index contributed by atoms with van der Waals surface area (Å²) in [6, 6.07) is 10.3. The fourth-order valence-electron chi connectivity index (χ4n) is 2.35. The number of Topliss-reactive ketones (excluding diaryl/α,β-unsaturated/α-hetero) is 1. The van der Waals surface area contributed by atoms with E-state index in [0.29, 0.717) is 34.4 Å². The van der Waals surface area contributed by atoms with E-state index in [1.807, 2.05) is 6.07 Å². The average molecular weight is 343 g/mol. The minimum Gasteiger partial charge on any atom is -0.493 e. The van der Waals surface area contributed by atoms with Crippen molar-refractivity contribution in [3.63, 3.8) is 0 Å². The molecule has 0 radical (unpaired) electrons. The topological polar surface area (TPSA) is 44.8 Å². The predicted molar refractivity (Wildman–Crippen MR) is 93.1 cm³/mol. The van der Waals surface area contributed by atoms with Gasteiger partial charge in [0.15, 0.2) is 17.3 Å². The molecule has 122 valence electrons. The summed E-state index contributed by atoms with van der Waals surface area (Å²) in [4.78, 5) is 12.4. The Bertz CT molecular complexity index is 839. The van der Waals surface area contributed by atoms with Crippen molar-refractivity contribution in [2.24, 2.45) is 0 Å². The highest BCUT2D eigenvalue weighted by Gasteiger charge is 2.27. The highest BCUT2D eigenvalue weighted by molar-refractivity contribution is 6.31. The van der Waals surface area contributed by atoms with Crippen molar-refractivity contribution in [3.05, 3.63) is 71.0 Å². The molecule has 5 heteroatoms. The molecule has 0 saturated carbocycles. The van der Waals surface area contributed by atoms with Gasteiger partial charge in [-0.15, -0.1) is 0 Å². The first kappa shape index (κ1) is 16.1. The third-order valence-corrected chi connectivity index (χ3v) is 3.71. The molecule has 0 aliphatic carbocycles. The van der Waals surface area contributed by atoms with Crippen LogP contribution in [-0.2, 0) is 0 Å². The first-order chi connectivity index (χ1) is 11.6. The quantitative estimate of drug-likeness (QED) is 0.591. The Morgan fingerprint density at radius 2 is 2.04 bits per heavy atom.